The van der Waals surface area contributed by atoms with Crippen LogP contribution in [0, 0.1) is 0 Å². The van der Waals surface area contributed by atoms with Gasteiger partial charge in [0.2, 0.25) is 0 Å². The molecule has 0 amide bonds. The van der Waals surface area contributed by atoms with E-state index in [0.29, 0.717) is 0 Å². The van der Waals surface area contributed by atoms with E-state index >= 15 is 0 Å². The third-order valence-electron chi connectivity index (χ3n) is 1.22. The zero-order valence-corrected chi connectivity index (χ0v) is 7.09. The van der Waals surface area contributed by atoms with Crippen molar-refractivity contribution >= 4 is 8.58 Å². The number of hydrogen-bond donors (Lipinski definition) is 0. The van der Waals surface area contributed by atoms with E-state index in [0.717, 1.165) is 8.58 Å². The minimum absolute atomic E-state index is 0. The third kappa shape index (κ3) is 2.95. The summed E-state index contributed by atoms with van der Waals surface area (Å²) in [7, 11) is 1.04. The van der Waals surface area contributed by atoms with Crippen LogP contribution in [-0.2, 0) is 6.16 Å². The van der Waals surface area contributed by atoms with Crippen LogP contribution in [0.4, 0.5) is 0 Å². The van der Waals surface area contributed by atoms with Gasteiger partial charge in [0, 0.05) is 0 Å². The van der Waals surface area contributed by atoms with Gasteiger partial charge in [-0.15, -0.1) is 8.58 Å². The molecule has 10 heavy (non-hydrogen) atoms. The van der Waals surface area contributed by atoms with Crippen molar-refractivity contribution in [2.24, 2.45) is 0 Å². The summed E-state index contributed by atoms with van der Waals surface area (Å²) >= 11 is 0. The molecule has 0 bridgehead atoms. The molecule has 1 aromatic carbocycles. The van der Waals surface area contributed by atoms with Crippen LogP contribution in [0.1, 0.15) is 5.56 Å². The van der Waals surface area contributed by atoms with Crippen molar-refractivity contribution in [1.82, 2.24) is 0 Å². The van der Waals surface area contributed by atoms with E-state index in [-0.39, 0.29) is 5.48 Å². The van der Waals surface area contributed by atoms with Crippen LogP contribution < -0.4 is 0 Å². The zero-order valence-electron chi connectivity index (χ0n) is 6.09. The summed E-state index contributed by atoms with van der Waals surface area (Å²) in [6.07, 6.45) is 1.24. The molecule has 0 aliphatic heterocycles. The Morgan fingerprint density at radius 1 is 1.20 bits per heavy atom. The van der Waals surface area contributed by atoms with E-state index in [1.807, 2.05) is 0 Å². The van der Waals surface area contributed by atoms with Crippen LogP contribution in [0.15, 0.2) is 30.3 Å². The molecule has 56 valence electrons. The molecule has 1 rings (SSSR count). The molecule has 1 aromatic rings. The highest BCUT2D eigenvalue weighted by molar-refractivity contribution is 7.36. The van der Waals surface area contributed by atoms with Crippen molar-refractivity contribution in [2.45, 2.75) is 6.16 Å². The van der Waals surface area contributed by atoms with Crippen molar-refractivity contribution < 1.29 is 5.48 Å². The van der Waals surface area contributed by atoms with E-state index in [4.69, 9.17) is 0 Å². The van der Waals surface area contributed by atoms with Gasteiger partial charge in [-0.25, -0.2) is 0 Å². The van der Waals surface area contributed by atoms with Gasteiger partial charge in [0.05, 0.1) is 0 Å². The zero-order chi connectivity index (χ0) is 6.53. The second kappa shape index (κ2) is 5.40. The van der Waals surface area contributed by atoms with Gasteiger partial charge in [-0.3, -0.25) is 0 Å². The topological polar surface area (TPSA) is 31.5 Å². The molecule has 2 N–H and O–H groups in total. The van der Waals surface area contributed by atoms with Gasteiger partial charge < -0.3 is 5.48 Å². The van der Waals surface area contributed by atoms with E-state index in [9.17, 15) is 0 Å². The summed E-state index contributed by atoms with van der Waals surface area (Å²) in [5.74, 6) is 0. The molecule has 0 saturated carbocycles. The highest BCUT2D eigenvalue weighted by Crippen LogP contribution is 2.12. The summed E-state index contributed by atoms with van der Waals surface area (Å²) in [5.41, 5.74) is 1.46. The molecule has 0 fully saturated rings. The van der Waals surface area contributed by atoms with Crippen LogP contribution in [0.5, 0.6) is 0 Å². The molecule has 2 heteroatoms. The first-order valence-corrected chi connectivity index (χ1v) is 4.82. The van der Waals surface area contributed by atoms with Gasteiger partial charge in [-0.2, -0.15) is 0 Å². The van der Waals surface area contributed by atoms with Gasteiger partial charge >= 0.3 is 0 Å². The Kier molecular flexibility index (Phi) is 5.19. The fourth-order valence-corrected chi connectivity index (χ4v) is 1.44. The van der Waals surface area contributed by atoms with Crippen molar-refractivity contribution in [2.75, 3.05) is 6.66 Å². The minimum Gasteiger partial charge on any atom is -0.412 e. The van der Waals surface area contributed by atoms with Gasteiger partial charge in [0.25, 0.3) is 0 Å². The standard InChI is InChI=1S/C8H11P.H2O/c1-9-7-8-5-3-2-4-6-8;/h2-6,9H,7H2,1H3;1H2. The second-order valence-corrected chi connectivity index (χ2v) is 3.08. The molecule has 0 aliphatic rings. The molecule has 1 atom stereocenters. The normalized spacial score (nSPS) is 9.70. The van der Waals surface area contributed by atoms with Crippen LogP contribution in [-0.4, -0.2) is 12.1 Å². The lowest BCUT2D eigenvalue weighted by atomic mass is 10.2. The van der Waals surface area contributed by atoms with Gasteiger partial charge in [0.1, 0.15) is 0 Å². The molecular weight excluding hydrogens is 143 g/mol. The predicted molar refractivity (Wildman–Crippen MR) is 48.0 cm³/mol. The molecule has 0 saturated heterocycles. The van der Waals surface area contributed by atoms with E-state index in [2.05, 4.69) is 37.0 Å². The maximum absolute atomic E-state index is 2.23. The summed E-state index contributed by atoms with van der Waals surface area (Å²) < 4.78 is 0. The largest absolute Gasteiger partial charge is 0.412 e. The molecule has 0 aliphatic carbocycles. The Bertz CT molecular complexity index is 162. The Labute approximate surface area is 63.6 Å². The summed E-state index contributed by atoms with van der Waals surface area (Å²) in [6, 6.07) is 10.6. The highest BCUT2D eigenvalue weighted by atomic mass is 31.1. The van der Waals surface area contributed by atoms with Crippen LogP contribution in [0.3, 0.4) is 0 Å². The maximum atomic E-state index is 2.23. The van der Waals surface area contributed by atoms with Crippen LogP contribution in [0.2, 0.25) is 0 Å². The van der Waals surface area contributed by atoms with E-state index < -0.39 is 0 Å². The van der Waals surface area contributed by atoms with Gasteiger partial charge in [-0.05, 0) is 18.4 Å². The quantitative estimate of drug-likeness (QED) is 0.583. The maximum Gasteiger partial charge on any atom is -0.0103 e. The Morgan fingerprint density at radius 2 is 1.80 bits per heavy atom. The van der Waals surface area contributed by atoms with Crippen LogP contribution >= 0.6 is 8.58 Å². The van der Waals surface area contributed by atoms with Gasteiger partial charge in [0.15, 0.2) is 0 Å². The van der Waals surface area contributed by atoms with E-state index in [1.165, 1.54) is 11.7 Å². The average Bonchev–Trinajstić information content (AvgIpc) is 1.91. The number of hydrogen-bond acceptors (Lipinski definition) is 0. The lowest BCUT2D eigenvalue weighted by molar-refractivity contribution is 0.824. The van der Waals surface area contributed by atoms with E-state index in [1.54, 1.807) is 0 Å². The summed E-state index contributed by atoms with van der Waals surface area (Å²) in [4.78, 5) is 0. The van der Waals surface area contributed by atoms with Crippen molar-refractivity contribution in [3.8, 4) is 0 Å². The van der Waals surface area contributed by atoms with Crippen molar-refractivity contribution in [3.05, 3.63) is 35.9 Å². The highest BCUT2D eigenvalue weighted by Gasteiger charge is 1.84. The second-order valence-electron chi connectivity index (χ2n) is 2.02. The molecule has 1 unspecified atom stereocenters. The lowest BCUT2D eigenvalue weighted by Crippen LogP contribution is -1.73. The fraction of sp³-hybridized carbons (Fsp3) is 0.250. The number of benzene rings is 1. The minimum atomic E-state index is 0. The summed E-state index contributed by atoms with van der Waals surface area (Å²) in [5, 5.41) is 0. The first-order chi connectivity index (χ1) is 4.43. The molecule has 0 aromatic heterocycles. The first kappa shape index (κ1) is 9.61. The Balaban J connectivity index is 0.000000810. The first-order valence-electron chi connectivity index (χ1n) is 3.12. The average molecular weight is 156 g/mol. The third-order valence-corrected chi connectivity index (χ3v) is 1.99. The lowest BCUT2D eigenvalue weighted by Gasteiger charge is -1.94. The van der Waals surface area contributed by atoms with Crippen molar-refractivity contribution in [1.29, 1.82) is 0 Å². The fourth-order valence-electron chi connectivity index (χ4n) is 0.800. The Morgan fingerprint density at radius 3 is 2.30 bits per heavy atom. The Hall–Kier alpha value is -0.390. The SMILES string of the molecule is CPCc1ccccc1.O. The van der Waals surface area contributed by atoms with Gasteiger partial charge in [-0.1, -0.05) is 30.3 Å². The molecular formula is C8H13OP. The molecule has 0 spiro atoms. The molecule has 1 nitrogen and oxygen atoms in total. The summed E-state index contributed by atoms with van der Waals surface area (Å²) in [6.45, 7) is 2.23. The smallest absolute Gasteiger partial charge is 0.0103 e. The molecule has 0 radical (unpaired) electrons. The number of rotatable bonds is 2. The predicted octanol–water partition coefficient (Wildman–Crippen LogP) is 1.67. The molecule has 0 heterocycles. The monoisotopic (exact) mass is 156 g/mol. The van der Waals surface area contributed by atoms with Crippen LogP contribution in [0.25, 0.3) is 0 Å². The van der Waals surface area contributed by atoms with Crippen molar-refractivity contribution in [3.63, 3.8) is 0 Å².